The van der Waals surface area contributed by atoms with Crippen LogP contribution in [0.3, 0.4) is 0 Å². The highest BCUT2D eigenvalue weighted by Crippen LogP contribution is 2.58. The molecule has 82 valence electrons. The van der Waals surface area contributed by atoms with Crippen molar-refractivity contribution in [2.24, 2.45) is 0 Å². The number of hydrogen-bond donors (Lipinski definition) is 0. The Bertz CT molecular complexity index is 401. The molecule has 1 saturated carbocycles. The Labute approximate surface area is 97.9 Å². The van der Waals surface area contributed by atoms with E-state index in [4.69, 9.17) is 4.74 Å². The fraction of sp³-hybridized carbons (Fsp3) is 0.727. The van der Waals surface area contributed by atoms with Crippen molar-refractivity contribution in [3.63, 3.8) is 0 Å². The van der Waals surface area contributed by atoms with Gasteiger partial charge in [-0.3, -0.25) is 4.68 Å². The highest BCUT2D eigenvalue weighted by molar-refractivity contribution is 9.10. The number of epoxide rings is 1. The molecule has 0 spiro atoms. The van der Waals surface area contributed by atoms with Gasteiger partial charge in [-0.15, -0.1) is 0 Å². The van der Waals surface area contributed by atoms with Crippen LogP contribution in [0.25, 0.3) is 0 Å². The monoisotopic (exact) mass is 270 g/mol. The standard InChI is InChI=1S/C11H15BrN2O/c1-7(2)14-10(8(12)6-13-14)11-5-3-4-9(11)15-11/h6-7,9H,3-5H2,1-2H3/t9-,11-/m1/s1. The Morgan fingerprint density at radius 1 is 1.67 bits per heavy atom. The topological polar surface area (TPSA) is 30.4 Å². The lowest BCUT2D eigenvalue weighted by molar-refractivity contribution is 0.239. The zero-order valence-corrected chi connectivity index (χ0v) is 10.6. The molecule has 2 aliphatic rings. The van der Waals surface area contributed by atoms with Crippen LogP contribution in [-0.4, -0.2) is 15.9 Å². The molecule has 2 fully saturated rings. The van der Waals surface area contributed by atoms with Gasteiger partial charge in [0.25, 0.3) is 0 Å². The summed E-state index contributed by atoms with van der Waals surface area (Å²) in [7, 11) is 0. The largest absolute Gasteiger partial charge is 0.359 e. The summed E-state index contributed by atoms with van der Waals surface area (Å²) in [6, 6.07) is 0.395. The first kappa shape index (κ1) is 9.85. The average Bonchev–Trinajstić information content (AvgIpc) is 2.59. The molecule has 1 aliphatic carbocycles. The van der Waals surface area contributed by atoms with Crippen molar-refractivity contribution in [3.05, 3.63) is 16.4 Å². The van der Waals surface area contributed by atoms with Crippen LogP contribution < -0.4 is 0 Å². The third kappa shape index (κ3) is 1.24. The molecule has 1 aliphatic heterocycles. The molecule has 4 heteroatoms. The van der Waals surface area contributed by atoms with E-state index in [1.54, 1.807) is 0 Å². The van der Waals surface area contributed by atoms with Crippen LogP contribution in [-0.2, 0) is 10.3 Å². The quantitative estimate of drug-likeness (QED) is 0.774. The summed E-state index contributed by atoms with van der Waals surface area (Å²) < 4.78 is 9.06. The van der Waals surface area contributed by atoms with Gasteiger partial charge in [-0.25, -0.2) is 0 Å². The second-order valence-corrected chi connectivity index (χ2v) is 5.62. The molecule has 2 atom stereocenters. The van der Waals surface area contributed by atoms with Crippen molar-refractivity contribution in [1.29, 1.82) is 0 Å². The van der Waals surface area contributed by atoms with Crippen LogP contribution in [0.2, 0.25) is 0 Å². The maximum absolute atomic E-state index is 5.87. The second kappa shape index (κ2) is 3.08. The minimum absolute atomic E-state index is 0.000394. The average molecular weight is 271 g/mol. The fourth-order valence-corrected chi connectivity index (χ4v) is 3.35. The highest BCUT2D eigenvalue weighted by Gasteiger charge is 2.63. The van der Waals surface area contributed by atoms with Crippen LogP contribution in [0.4, 0.5) is 0 Å². The Hall–Kier alpha value is -0.350. The number of halogens is 1. The molecule has 0 radical (unpaired) electrons. The van der Waals surface area contributed by atoms with E-state index in [-0.39, 0.29) is 5.60 Å². The minimum atomic E-state index is -0.000394. The third-order valence-electron chi connectivity index (χ3n) is 3.47. The van der Waals surface area contributed by atoms with Crippen LogP contribution in [0.5, 0.6) is 0 Å². The predicted octanol–water partition coefficient (Wildman–Crippen LogP) is 3.00. The van der Waals surface area contributed by atoms with E-state index in [1.165, 1.54) is 18.5 Å². The SMILES string of the molecule is CC(C)n1ncc(Br)c1[C@@]12CCC[C@H]1O2. The lowest BCUT2D eigenvalue weighted by atomic mass is 10.0. The van der Waals surface area contributed by atoms with Crippen molar-refractivity contribution in [2.75, 3.05) is 0 Å². The van der Waals surface area contributed by atoms with Crippen LogP contribution in [0, 0.1) is 0 Å². The van der Waals surface area contributed by atoms with Crippen molar-refractivity contribution >= 4 is 15.9 Å². The molecule has 1 aromatic heterocycles. The van der Waals surface area contributed by atoms with E-state index in [0.717, 1.165) is 10.9 Å². The van der Waals surface area contributed by atoms with E-state index in [9.17, 15) is 0 Å². The van der Waals surface area contributed by atoms with Crippen molar-refractivity contribution in [3.8, 4) is 0 Å². The first-order chi connectivity index (χ1) is 7.15. The Morgan fingerprint density at radius 2 is 2.47 bits per heavy atom. The van der Waals surface area contributed by atoms with E-state index in [0.29, 0.717) is 12.1 Å². The maximum atomic E-state index is 5.87. The van der Waals surface area contributed by atoms with Gasteiger partial charge < -0.3 is 4.74 Å². The summed E-state index contributed by atoms with van der Waals surface area (Å²) >= 11 is 3.59. The summed E-state index contributed by atoms with van der Waals surface area (Å²) in [4.78, 5) is 0. The summed E-state index contributed by atoms with van der Waals surface area (Å²) in [5.41, 5.74) is 1.25. The zero-order valence-electron chi connectivity index (χ0n) is 9.03. The molecule has 1 aromatic rings. The summed E-state index contributed by atoms with van der Waals surface area (Å²) in [6.07, 6.45) is 5.97. The molecule has 2 heterocycles. The van der Waals surface area contributed by atoms with Gasteiger partial charge in [0.05, 0.1) is 22.5 Å². The second-order valence-electron chi connectivity index (χ2n) is 4.77. The fourth-order valence-electron chi connectivity index (χ4n) is 2.74. The lowest BCUT2D eigenvalue weighted by Crippen LogP contribution is -2.17. The van der Waals surface area contributed by atoms with Gasteiger partial charge in [0.1, 0.15) is 5.60 Å². The van der Waals surface area contributed by atoms with E-state index in [1.807, 2.05) is 6.20 Å². The van der Waals surface area contributed by atoms with Gasteiger partial charge in [-0.2, -0.15) is 5.10 Å². The van der Waals surface area contributed by atoms with Gasteiger partial charge in [-0.1, -0.05) is 0 Å². The van der Waals surface area contributed by atoms with Gasteiger partial charge in [0, 0.05) is 6.04 Å². The van der Waals surface area contributed by atoms with Crippen molar-refractivity contribution < 1.29 is 4.74 Å². The molecule has 1 saturated heterocycles. The minimum Gasteiger partial charge on any atom is -0.359 e. The first-order valence-electron chi connectivity index (χ1n) is 5.56. The number of nitrogens with zero attached hydrogens (tertiary/aromatic N) is 2. The number of hydrogen-bond acceptors (Lipinski definition) is 2. The molecule has 0 amide bonds. The molecular weight excluding hydrogens is 256 g/mol. The molecule has 0 unspecified atom stereocenters. The summed E-state index contributed by atoms with van der Waals surface area (Å²) in [6.45, 7) is 4.32. The molecule has 3 nitrogen and oxygen atoms in total. The van der Waals surface area contributed by atoms with Crippen LogP contribution in [0.15, 0.2) is 10.7 Å². The lowest BCUT2D eigenvalue weighted by Gasteiger charge is -2.15. The van der Waals surface area contributed by atoms with Gasteiger partial charge >= 0.3 is 0 Å². The first-order valence-corrected chi connectivity index (χ1v) is 6.36. The van der Waals surface area contributed by atoms with E-state index in [2.05, 4.69) is 39.6 Å². The van der Waals surface area contributed by atoms with E-state index >= 15 is 0 Å². The molecular formula is C11H15BrN2O. The maximum Gasteiger partial charge on any atom is 0.137 e. The zero-order chi connectivity index (χ0) is 10.6. The van der Waals surface area contributed by atoms with Crippen molar-refractivity contribution in [1.82, 2.24) is 9.78 Å². The molecule has 15 heavy (non-hydrogen) atoms. The van der Waals surface area contributed by atoms with Crippen LogP contribution >= 0.6 is 15.9 Å². The number of fused-ring (bicyclic) bond motifs is 1. The molecule has 0 N–H and O–H groups in total. The van der Waals surface area contributed by atoms with Gasteiger partial charge in [0.15, 0.2) is 0 Å². The van der Waals surface area contributed by atoms with Gasteiger partial charge in [0.2, 0.25) is 0 Å². The predicted molar refractivity (Wildman–Crippen MR) is 60.7 cm³/mol. The normalized spacial score (nSPS) is 33.5. The third-order valence-corrected chi connectivity index (χ3v) is 4.05. The number of ether oxygens (including phenoxy) is 1. The molecule has 0 aromatic carbocycles. The van der Waals surface area contributed by atoms with E-state index < -0.39 is 0 Å². The van der Waals surface area contributed by atoms with Gasteiger partial charge in [-0.05, 0) is 49.0 Å². The number of rotatable bonds is 2. The smallest absolute Gasteiger partial charge is 0.137 e. The molecule has 3 rings (SSSR count). The van der Waals surface area contributed by atoms with Crippen molar-refractivity contribution in [2.45, 2.75) is 50.9 Å². The summed E-state index contributed by atoms with van der Waals surface area (Å²) in [5, 5.41) is 4.42. The van der Waals surface area contributed by atoms with Crippen LogP contribution in [0.1, 0.15) is 44.8 Å². The Balaban J connectivity index is 2.07. The Kier molecular flexibility index (Phi) is 2.02. The molecule has 0 bridgehead atoms. The Morgan fingerprint density at radius 3 is 3.00 bits per heavy atom. The summed E-state index contributed by atoms with van der Waals surface area (Å²) in [5.74, 6) is 0. The number of aromatic nitrogens is 2. The highest BCUT2D eigenvalue weighted by atomic mass is 79.9.